The number of amides is 1. The fraction of sp³-hybridized carbons (Fsp3) is 0.143. The second-order valence-corrected chi connectivity index (χ2v) is 5.89. The Morgan fingerprint density at radius 1 is 1.07 bits per heavy atom. The van der Waals surface area contributed by atoms with Gasteiger partial charge >= 0.3 is 0 Å². The number of aromatic nitrogens is 1. The molecule has 0 aliphatic carbocycles. The van der Waals surface area contributed by atoms with Crippen LogP contribution in [-0.2, 0) is 6.42 Å². The van der Waals surface area contributed by atoms with Crippen molar-refractivity contribution in [3.8, 4) is 5.75 Å². The molecule has 0 saturated heterocycles. The van der Waals surface area contributed by atoms with E-state index >= 15 is 0 Å². The summed E-state index contributed by atoms with van der Waals surface area (Å²) in [5, 5.41) is 6.02. The van der Waals surface area contributed by atoms with Gasteiger partial charge in [-0.3, -0.25) is 4.79 Å². The van der Waals surface area contributed by atoms with E-state index in [-0.39, 0.29) is 11.7 Å². The molecule has 3 aromatic rings. The first-order chi connectivity index (χ1) is 13.2. The van der Waals surface area contributed by atoms with Gasteiger partial charge in [-0.15, -0.1) is 0 Å². The molecule has 0 aliphatic heterocycles. The van der Waals surface area contributed by atoms with Crippen LogP contribution in [-0.4, -0.2) is 24.5 Å². The van der Waals surface area contributed by atoms with Crippen LogP contribution in [0.1, 0.15) is 16.1 Å². The normalized spacial score (nSPS) is 10.3. The lowest BCUT2D eigenvalue weighted by molar-refractivity contribution is 0.102. The molecule has 1 heterocycles. The van der Waals surface area contributed by atoms with Crippen LogP contribution in [0.5, 0.6) is 5.75 Å². The first kappa shape index (κ1) is 18.4. The molecule has 0 aliphatic rings. The molecule has 1 aromatic heterocycles. The number of benzene rings is 2. The molecule has 2 aromatic carbocycles. The van der Waals surface area contributed by atoms with Crippen molar-refractivity contribution in [1.29, 1.82) is 0 Å². The lowest BCUT2D eigenvalue weighted by atomic mass is 10.1. The third-order valence-corrected chi connectivity index (χ3v) is 4.01. The third-order valence-electron chi connectivity index (χ3n) is 4.01. The Balaban J connectivity index is 1.54. The molecule has 0 radical (unpaired) electrons. The van der Waals surface area contributed by atoms with E-state index in [2.05, 4.69) is 15.6 Å². The summed E-state index contributed by atoms with van der Waals surface area (Å²) in [6.07, 6.45) is 2.37. The lowest BCUT2D eigenvalue weighted by Gasteiger charge is -2.10. The summed E-state index contributed by atoms with van der Waals surface area (Å²) in [6, 6.07) is 17.1. The third kappa shape index (κ3) is 5.04. The summed E-state index contributed by atoms with van der Waals surface area (Å²) in [5.74, 6) is 0.0418. The Hall–Kier alpha value is -3.41. The number of hydrogen-bond acceptors (Lipinski definition) is 4. The minimum Gasteiger partial charge on any atom is -0.495 e. The first-order valence-corrected chi connectivity index (χ1v) is 8.54. The van der Waals surface area contributed by atoms with Gasteiger partial charge in [-0.25, -0.2) is 9.37 Å². The number of hydrogen-bond donors (Lipinski definition) is 2. The Morgan fingerprint density at radius 3 is 2.56 bits per heavy atom. The van der Waals surface area contributed by atoms with Crippen molar-refractivity contribution < 1.29 is 13.9 Å². The van der Waals surface area contributed by atoms with E-state index in [0.717, 1.165) is 17.7 Å². The van der Waals surface area contributed by atoms with Gasteiger partial charge in [0, 0.05) is 6.54 Å². The van der Waals surface area contributed by atoms with E-state index < -0.39 is 0 Å². The number of para-hydroxylation sites is 2. The van der Waals surface area contributed by atoms with Crippen LogP contribution in [0.2, 0.25) is 0 Å². The summed E-state index contributed by atoms with van der Waals surface area (Å²) < 4.78 is 18.1. The van der Waals surface area contributed by atoms with Gasteiger partial charge in [-0.1, -0.05) is 24.3 Å². The van der Waals surface area contributed by atoms with Gasteiger partial charge in [0.25, 0.3) is 5.91 Å². The average molecular weight is 365 g/mol. The molecule has 6 heteroatoms. The zero-order valence-electron chi connectivity index (χ0n) is 14.9. The smallest absolute Gasteiger partial charge is 0.274 e. The van der Waals surface area contributed by atoms with Gasteiger partial charge in [-0.2, -0.15) is 0 Å². The average Bonchev–Trinajstić information content (AvgIpc) is 2.70. The number of carbonyl (C=O) groups excluding carboxylic acids is 1. The molecule has 5 nitrogen and oxygen atoms in total. The van der Waals surface area contributed by atoms with Crippen molar-refractivity contribution in [2.75, 3.05) is 24.3 Å². The van der Waals surface area contributed by atoms with Crippen LogP contribution in [0.15, 0.2) is 66.9 Å². The van der Waals surface area contributed by atoms with Gasteiger partial charge in [-0.05, 0) is 48.4 Å². The monoisotopic (exact) mass is 365 g/mol. The summed E-state index contributed by atoms with van der Waals surface area (Å²) in [5.41, 5.74) is 2.76. The summed E-state index contributed by atoms with van der Waals surface area (Å²) in [6.45, 7) is 0.681. The summed E-state index contributed by atoms with van der Waals surface area (Å²) in [4.78, 5) is 16.5. The maximum Gasteiger partial charge on any atom is 0.274 e. The van der Waals surface area contributed by atoms with Gasteiger partial charge in [0.1, 0.15) is 17.3 Å². The molecular formula is C21H20FN3O2. The van der Waals surface area contributed by atoms with E-state index in [0.29, 0.717) is 23.7 Å². The number of nitrogens with zero attached hydrogens (tertiary/aromatic N) is 1. The fourth-order valence-corrected chi connectivity index (χ4v) is 2.57. The maximum atomic E-state index is 12.9. The molecule has 0 atom stereocenters. The van der Waals surface area contributed by atoms with Crippen LogP contribution >= 0.6 is 0 Å². The number of nitrogens with one attached hydrogen (secondary N) is 2. The Morgan fingerprint density at radius 2 is 1.85 bits per heavy atom. The van der Waals surface area contributed by atoms with Crippen molar-refractivity contribution >= 4 is 17.3 Å². The van der Waals surface area contributed by atoms with Gasteiger partial charge in [0.15, 0.2) is 0 Å². The molecule has 0 saturated carbocycles. The number of carbonyl (C=O) groups is 1. The summed E-state index contributed by atoms with van der Waals surface area (Å²) in [7, 11) is 1.55. The van der Waals surface area contributed by atoms with Crippen molar-refractivity contribution in [3.63, 3.8) is 0 Å². The van der Waals surface area contributed by atoms with Crippen LogP contribution < -0.4 is 15.4 Å². The number of halogens is 1. The van der Waals surface area contributed by atoms with Crippen LogP contribution in [0, 0.1) is 5.82 Å². The second kappa shape index (κ2) is 8.80. The van der Waals surface area contributed by atoms with Crippen LogP contribution in [0.3, 0.4) is 0 Å². The van der Waals surface area contributed by atoms with E-state index in [4.69, 9.17) is 4.74 Å². The van der Waals surface area contributed by atoms with Gasteiger partial charge in [0.2, 0.25) is 0 Å². The van der Waals surface area contributed by atoms with Crippen LogP contribution in [0.25, 0.3) is 0 Å². The maximum absolute atomic E-state index is 12.9. The van der Waals surface area contributed by atoms with Gasteiger partial charge in [0.05, 0.1) is 24.7 Å². The zero-order chi connectivity index (χ0) is 19.1. The van der Waals surface area contributed by atoms with Crippen molar-refractivity contribution in [2.24, 2.45) is 0 Å². The van der Waals surface area contributed by atoms with Crippen molar-refractivity contribution in [3.05, 3.63) is 83.9 Å². The van der Waals surface area contributed by atoms with Crippen molar-refractivity contribution in [2.45, 2.75) is 6.42 Å². The standard InChI is InChI=1S/C21H20FN3O2/c1-27-20-5-3-2-4-18(20)25-21(26)19-11-10-17(14-24-19)23-13-12-15-6-8-16(22)9-7-15/h2-11,14,23H,12-13H2,1H3,(H,25,26). The predicted octanol–water partition coefficient (Wildman–Crippen LogP) is 4.14. The highest BCUT2D eigenvalue weighted by molar-refractivity contribution is 6.03. The minimum atomic E-state index is -0.308. The molecule has 1 amide bonds. The Labute approximate surface area is 157 Å². The molecular weight excluding hydrogens is 345 g/mol. The van der Waals surface area contributed by atoms with Gasteiger partial charge < -0.3 is 15.4 Å². The number of pyridine rings is 1. The minimum absolute atomic E-state index is 0.238. The molecule has 2 N–H and O–H groups in total. The number of ether oxygens (including phenoxy) is 1. The SMILES string of the molecule is COc1ccccc1NC(=O)c1ccc(NCCc2ccc(F)cc2)cn1. The fourth-order valence-electron chi connectivity index (χ4n) is 2.57. The molecule has 0 spiro atoms. The highest BCUT2D eigenvalue weighted by atomic mass is 19.1. The quantitative estimate of drug-likeness (QED) is 0.661. The number of methoxy groups -OCH3 is 1. The Kier molecular flexibility index (Phi) is 5.99. The lowest BCUT2D eigenvalue weighted by Crippen LogP contribution is -2.14. The van der Waals surface area contributed by atoms with E-state index in [1.165, 1.54) is 12.1 Å². The highest BCUT2D eigenvalue weighted by Crippen LogP contribution is 2.23. The topological polar surface area (TPSA) is 63.2 Å². The molecule has 0 unspecified atom stereocenters. The second-order valence-electron chi connectivity index (χ2n) is 5.89. The molecule has 27 heavy (non-hydrogen) atoms. The van der Waals surface area contributed by atoms with Crippen molar-refractivity contribution in [1.82, 2.24) is 4.98 Å². The molecule has 0 bridgehead atoms. The molecule has 0 fully saturated rings. The molecule has 138 valence electrons. The van der Waals surface area contributed by atoms with E-state index in [9.17, 15) is 9.18 Å². The molecule has 3 rings (SSSR count). The highest BCUT2D eigenvalue weighted by Gasteiger charge is 2.10. The van der Waals surface area contributed by atoms with E-state index in [1.807, 2.05) is 12.1 Å². The number of rotatable bonds is 7. The van der Waals surface area contributed by atoms with E-state index in [1.54, 1.807) is 49.7 Å². The Bertz CT molecular complexity index is 896. The zero-order valence-corrected chi connectivity index (χ0v) is 14.9. The predicted molar refractivity (Wildman–Crippen MR) is 104 cm³/mol. The van der Waals surface area contributed by atoms with Crippen LogP contribution in [0.4, 0.5) is 15.8 Å². The summed E-state index contributed by atoms with van der Waals surface area (Å²) >= 11 is 0. The number of anilines is 2. The largest absolute Gasteiger partial charge is 0.495 e. The first-order valence-electron chi connectivity index (χ1n) is 8.54.